The Bertz CT molecular complexity index is 2710. The lowest BCUT2D eigenvalue weighted by molar-refractivity contribution is -0.276. The highest BCUT2D eigenvalue weighted by Gasteiger charge is 2.35. The van der Waals surface area contributed by atoms with Crippen LogP contribution in [0.2, 0.25) is 0 Å². The van der Waals surface area contributed by atoms with Crippen molar-refractivity contribution in [2.75, 3.05) is 0 Å². The minimum absolute atomic E-state index is 0.147. The summed E-state index contributed by atoms with van der Waals surface area (Å²) in [5.41, 5.74) is -14.9. The fourth-order valence-corrected chi connectivity index (χ4v) is 5.64. The third-order valence-electron chi connectivity index (χ3n) is 8.11. The molecule has 304 valence electrons. The van der Waals surface area contributed by atoms with Crippen molar-refractivity contribution in [3.63, 3.8) is 0 Å². The van der Waals surface area contributed by atoms with Crippen LogP contribution in [0.15, 0.2) is 48.5 Å². The summed E-state index contributed by atoms with van der Waals surface area (Å²) in [6.45, 7) is 0. The van der Waals surface area contributed by atoms with Crippen molar-refractivity contribution in [3.8, 4) is 58.0 Å². The average molecular weight is 856 g/mol. The normalized spacial score (nSPS) is 12.5. The van der Waals surface area contributed by atoms with Gasteiger partial charge < -0.3 is 9.47 Å². The summed E-state index contributed by atoms with van der Waals surface area (Å²) in [5.74, 6) is -26.7. The Labute approximate surface area is 322 Å². The van der Waals surface area contributed by atoms with E-state index in [1.54, 1.807) is 0 Å². The highest BCUT2D eigenvalue weighted by Crippen LogP contribution is 2.35. The first-order chi connectivity index (χ1) is 28.0. The van der Waals surface area contributed by atoms with Crippen molar-refractivity contribution in [2.24, 2.45) is 0 Å². The maximum atomic E-state index is 15.5. The van der Waals surface area contributed by atoms with Gasteiger partial charge in [-0.15, -0.1) is 26.3 Å². The van der Waals surface area contributed by atoms with E-state index in [1.165, 1.54) is 0 Å². The Balaban J connectivity index is 2.19. The fourth-order valence-electron chi connectivity index (χ4n) is 5.64. The predicted molar refractivity (Wildman–Crippen MR) is 168 cm³/mol. The Morgan fingerprint density at radius 3 is 0.983 bits per heavy atom. The number of nitrogens with zero attached hydrogens (tertiary/aromatic N) is 4. The second kappa shape index (κ2) is 15.9. The average Bonchev–Trinajstić information content (AvgIpc) is 3.17. The summed E-state index contributed by atoms with van der Waals surface area (Å²) >= 11 is 0. The fraction of sp³-hybridized carbons (Fsp3) is 0.0526. The summed E-state index contributed by atoms with van der Waals surface area (Å²) in [6, 6.07) is 6.29. The molecule has 0 radical (unpaired) electrons. The molecule has 6 nitrogen and oxygen atoms in total. The Hall–Kier alpha value is -7.72. The Morgan fingerprint density at radius 2 is 0.733 bits per heavy atom. The first-order valence-corrected chi connectivity index (χ1v) is 15.4. The molecule has 0 aliphatic carbocycles. The quantitative estimate of drug-likeness (QED) is 0.124. The SMILES string of the molecule is N#C/C(c1c(F)c(F)c(C#N)c(F)c1F)=c1/cc(-c2ccc(F)c(OC(F)(F)F)c2)/c(=C(\C#N)c2c(F)c(F)c(C#N)c(F)c2F)cc1-c1ccc(F)c(OC(F)(F)F)c1. The first kappa shape index (κ1) is 43.4. The van der Waals surface area contributed by atoms with Crippen LogP contribution in [-0.4, -0.2) is 12.7 Å². The van der Waals surface area contributed by atoms with E-state index in [4.69, 9.17) is 10.5 Å². The largest absolute Gasteiger partial charge is 0.573 e. The number of nitriles is 4. The second-order valence-electron chi connectivity index (χ2n) is 11.5. The highest BCUT2D eigenvalue weighted by molar-refractivity contribution is 5.88. The van der Waals surface area contributed by atoms with Crippen LogP contribution in [0.3, 0.4) is 0 Å². The van der Waals surface area contributed by atoms with Crippen LogP contribution >= 0.6 is 0 Å². The number of hydrogen-bond donors (Lipinski definition) is 0. The van der Waals surface area contributed by atoms with Crippen LogP contribution < -0.4 is 19.9 Å². The van der Waals surface area contributed by atoms with Gasteiger partial charge in [-0.3, -0.25) is 0 Å². The van der Waals surface area contributed by atoms with E-state index in [-0.39, 0.29) is 24.3 Å². The Morgan fingerprint density at radius 1 is 0.433 bits per heavy atom. The molecule has 5 aromatic rings. The van der Waals surface area contributed by atoms with Crippen molar-refractivity contribution in [1.29, 1.82) is 21.0 Å². The van der Waals surface area contributed by atoms with Gasteiger partial charge in [0.15, 0.2) is 69.7 Å². The van der Waals surface area contributed by atoms with E-state index in [0.29, 0.717) is 24.3 Å². The van der Waals surface area contributed by atoms with E-state index in [1.807, 2.05) is 0 Å². The maximum absolute atomic E-state index is 15.5. The molecule has 0 amide bonds. The third kappa shape index (κ3) is 7.91. The molecule has 0 saturated carbocycles. The van der Waals surface area contributed by atoms with Crippen LogP contribution in [0.4, 0.5) is 70.2 Å². The first-order valence-electron chi connectivity index (χ1n) is 15.4. The molecule has 22 heteroatoms. The molecule has 0 aliphatic heterocycles. The zero-order valence-electron chi connectivity index (χ0n) is 28.3. The van der Waals surface area contributed by atoms with Gasteiger partial charge in [0.2, 0.25) is 0 Å². The van der Waals surface area contributed by atoms with E-state index in [0.717, 1.165) is 24.3 Å². The number of ether oxygens (including phenoxy) is 2. The lowest BCUT2D eigenvalue weighted by Crippen LogP contribution is -2.23. The number of benzene rings is 5. The zero-order valence-corrected chi connectivity index (χ0v) is 28.3. The summed E-state index contributed by atoms with van der Waals surface area (Å²) < 4.78 is 238. The van der Waals surface area contributed by atoms with Crippen LogP contribution in [0, 0.1) is 103 Å². The number of halogens is 16. The Kier molecular flexibility index (Phi) is 11.5. The number of alkyl halides is 6. The van der Waals surface area contributed by atoms with Gasteiger partial charge >= 0.3 is 12.7 Å². The van der Waals surface area contributed by atoms with Gasteiger partial charge in [0.05, 0.1) is 22.3 Å². The molecule has 0 aromatic heterocycles. The standard InChI is InChI=1S/C38H8F16N4O2/c39-23-3-1-13(5-25(23)59-37(49,50)51)15-7-18(20(10-56)28-35(47)31(43)22(12-58)32(44)36(28)48)16(14-2-4-24(40)26(6-14)60-38(52,53)54)8-17(15)19(9-55)27-33(45)29(41)21(11-57)30(42)34(27)46/h1-8H/b19-17+,20-18+. The van der Waals surface area contributed by atoms with Gasteiger partial charge in [0.25, 0.3) is 0 Å². The van der Waals surface area contributed by atoms with Gasteiger partial charge in [-0.1, -0.05) is 12.1 Å². The van der Waals surface area contributed by atoms with E-state index < -0.39 is 148 Å². The molecule has 5 rings (SSSR count). The molecule has 0 spiro atoms. The molecule has 0 fully saturated rings. The summed E-state index contributed by atoms with van der Waals surface area (Å²) in [7, 11) is 0. The molecule has 0 unspecified atom stereocenters. The van der Waals surface area contributed by atoms with Crippen LogP contribution in [-0.2, 0) is 0 Å². The minimum Gasteiger partial charge on any atom is -0.403 e. The van der Waals surface area contributed by atoms with Crippen molar-refractivity contribution < 1.29 is 79.7 Å². The van der Waals surface area contributed by atoms with Crippen molar-refractivity contribution in [2.45, 2.75) is 12.7 Å². The number of hydrogen-bond acceptors (Lipinski definition) is 6. The predicted octanol–water partition coefficient (Wildman–Crippen LogP) is 9.40. The lowest BCUT2D eigenvalue weighted by Gasteiger charge is -2.16. The molecule has 0 aliphatic rings. The topological polar surface area (TPSA) is 114 Å². The number of rotatable bonds is 6. The lowest BCUT2D eigenvalue weighted by atomic mass is 9.88. The molecule has 0 saturated heterocycles. The molecular weight excluding hydrogens is 848 g/mol. The van der Waals surface area contributed by atoms with E-state index >= 15 is 17.6 Å². The third-order valence-corrected chi connectivity index (χ3v) is 8.11. The monoisotopic (exact) mass is 856 g/mol. The van der Waals surface area contributed by atoms with Gasteiger partial charge in [0.1, 0.15) is 35.4 Å². The molecule has 0 bridgehead atoms. The summed E-state index contributed by atoms with van der Waals surface area (Å²) in [5, 5.41) is 36.2. The molecule has 0 heterocycles. The van der Waals surface area contributed by atoms with Crippen LogP contribution in [0.25, 0.3) is 33.4 Å². The molecule has 0 atom stereocenters. The minimum atomic E-state index is -5.66. The zero-order chi connectivity index (χ0) is 44.8. The molecular formula is C38H8F16N4O2. The summed E-state index contributed by atoms with van der Waals surface area (Å²) in [4.78, 5) is 0. The van der Waals surface area contributed by atoms with Crippen molar-refractivity contribution >= 4 is 11.1 Å². The molecule has 60 heavy (non-hydrogen) atoms. The van der Waals surface area contributed by atoms with Gasteiger partial charge in [0, 0.05) is 10.4 Å². The molecule has 0 N–H and O–H groups in total. The molecule has 5 aromatic carbocycles. The van der Waals surface area contributed by atoms with Gasteiger partial charge in [-0.05, 0) is 58.7 Å². The van der Waals surface area contributed by atoms with Crippen LogP contribution in [0.5, 0.6) is 11.5 Å². The highest BCUT2D eigenvalue weighted by atomic mass is 19.4. The van der Waals surface area contributed by atoms with Crippen molar-refractivity contribution in [3.05, 3.63) is 139 Å². The summed E-state index contributed by atoms with van der Waals surface area (Å²) in [6.07, 6.45) is -11.3. The second-order valence-corrected chi connectivity index (χ2v) is 11.5. The smallest absolute Gasteiger partial charge is 0.403 e. The van der Waals surface area contributed by atoms with E-state index in [2.05, 4.69) is 9.47 Å². The van der Waals surface area contributed by atoms with Crippen LogP contribution in [0.1, 0.15) is 22.3 Å². The maximum Gasteiger partial charge on any atom is 0.573 e. The van der Waals surface area contributed by atoms with Gasteiger partial charge in [-0.25, -0.2) is 43.9 Å². The van der Waals surface area contributed by atoms with Crippen molar-refractivity contribution in [1.82, 2.24) is 0 Å². The van der Waals surface area contributed by atoms with Gasteiger partial charge in [-0.2, -0.15) is 21.0 Å². The van der Waals surface area contributed by atoms with E-state index in [9.17, 15) is 63.2 Å².